The van der Waals surface area contributed by atoms with E-state index in [1.54, 1.807) is 24.1 Å². The predicted octanol–water partition coefficient (Wildman–Crippen LogP) is 2.33. The quantitative estimate of drug-likeness (QED) is 0.756. The van der Waals surface area contributed by atoms with Gasteiger partial charge in [-0.15, -0.1) is 0 Å². The molecule has 106 valence electrons. The number of aromatic amines is 1. The lowest BCUT2D eigenvalue weighted by Crippen LogP contribution is -2.04. The standard InChI is InChI=1S/C16H16N4O/c1-10-5-3-4-6-11(10)14-15(19-20(2)16(14)17)12-9-18-8-7-13(12)21/h3-9H,17H2,1-2H3,(H,18,21). The lowest BCUT2D eigenvalue weighted by atomic mass is 9.98. The van der Waals surface area contributed by atoms with Gasteiger partial charge < -0.3 is 10.7 Å². The molecule has 3 rings (SSSR count). The van der Waals surface area contributed by atoms with Crippen LogP contribution >= 0.6 is 0 Å². The highest BCUT2D eigenvalue weighted by Crippen LogP contribution is 2.36. The summed E-state index contributed by atoms with van der Waals surface area (Å²) >= 11 is 0. The molecule has 0 aliphatic carbocycles. The zero-order valence-corrected chi connectivity index (χ0v) is 11.9. The first kappa shape index (κ1) is 13.2. The van der Waals surface area contributed by atoms with E-state index >= 15 is 0 Å². The number of benzene rings is 1. The van der Waals surface area contributed by atoms with Gasteiger partial charge in [-0.25, -0.2) is 0 Å². The van der Waals surface area contributed by atoms with Crippen LogP contribution in [0.5, 0.6) is 0 Å². The number of hydrogen-bond acceptors (Lipinski definition) is 3. The number of nitrogens with zero attached hydrogens (tertiary/aromatic N) is 2. The maximum Gasteiger partial charge on any atom is 0.191 e. The summed E-state index contributed by atoms with van der Waals surface area (Å²) in [7, 11) is 1.78. The SMILES string of the molecule is Cc1ccccc1-c1c(-c2c[nH]ccc2=O)nn(C)c1N. The largest absolute Gasteiger partial charge is 0.383 e. The van der Waals surface area contributed by atoms with Crippen LogP contribution in [-0.4, -0.2) is 14.8 Å². The van der Waals surface area contributed by atoms with Crippen molar-refractivity contribution in [3.63, 3.8) is 0 Å². The van der Waals surface area contributed by atoms with Crippen molar-refractivity contribution in [3.8, 4) is 22.4 Å². The van der Waals surface area contributed by atoms with E-state index in [-0.39, 0.29) is 5.43 Å². The third-order valence-electron chi connectivity index (χ3n) is 3.59. The van der Waals surface area contributed by atoms with E-state index in [1.807, 2.05) is 31.2 Å². The lowest BCUT2D eigenvalue weighted by Gasteiger charge is -2.07. The van der Waals surface area contributed by atoms with Gasteiger partial charge in [-0.05, 0) is 18.1 Å². The van der Waals surface area contributed by atoms with E-state index in [0.29, 0.717) is 17.1 Å². The van der Waals surface area contributed by atoms with Gasteiger partial charge in [-0.1, -0.05) is 24.3 Å². The van der Waals surface area contributed by atoms with Gasteiger partial charge in [0.1, 0.15) is 11.5 Å². The number of H-pyrrole nitrogens is 1. The number of anilines is 1. The van der Waals surface area contributed by atoms with E-state index in [2.05, 4.69) is 10.1 Å². The number of aromatic nitrogens is 3. The molecule has 2 aromatic heterocycles. The molecule has 0 unspecified atom stereocenters. The number of rotatable bonds is 2. The first-order chi connectivity index (χ1) is 10.1. The number of nitrogen functional groups attached to an aromatic ring is 1. The maximum atomic E-state index is 12.1. The van der Waals surface area contributed by atoms with Crippen LogP contribution in [0.4, 0.5) is 5.82 Å². The summed E-state index contributed by atoms with van der Waals surface area (Å²) in [6.45, 7) is 2.01. The Morgan fingerprint density at radius 2 is 1.95 bits per heavy atom. The number of nitrogens with one attached hydrogen (secondary N) is 1. The van der Waals surface area contributed by atoms with Crippen molar-refractivity contribution in [3.05, 3.63) is 58.5 Å². The lowest BCUT2D eigenvalue weighted by molar-refractivity contribution is 0.782. The van der Waals surface area contributed by atoms with Gasteiger partial charge >= 0.3 is 0 Å². The minimum Gasteiger partial charge on any atom is -0.383 e. The molecule has 0 fully saturated rings. The molecular formula is C16H16N4O. The second kappa shape index (κ2) is 4.94. The van der Waals surface area contributed by atoms with Crippen LogP contribution < -0.4 is 11.2 Å². The van der Waals surface area contributed by atoms with Gasteiger partial charge in [-0.3, -0.25) is 9.48 Å². The average Bonchev–Trinajstić information content (AvgIpc) is 2.76. The summed E-state index contributed by atoms with van der Waals surface area (Å²) in [6, 6.07) is 9.42. The van der Waals surface area contributed by atoms with Gasteiger partial charge in [0.25, 0.3) is 0 Å². The summed E-state index contributed by atoms with van der Waals surface area (Å²) < 4.78 is 1.60. The minimum absolute atomic E-state index is 0.0818. The Labute approximate surface area is 122 Å². The van der Waals surface area contributed by atoms with Crippen LogP contribution in [0.3, 0.4) is 0 Å². The van der Waals surface area contributed by atoms with Crippen LogP contribution in [0.2, 0.25) is 0 Å². The maximum absolute atomic E-state index is 12.1. The smallest absolute Gasteiger partial charge is 0.191 e. The van der Waals surface area contributed by atoms with Crippen LogP contribution in [0.1, 0.15) is 5.56 Å². The highest BCUT2D eigenvalue weighted by molar-refractivity contribution is 5.89. The fourth-order valence-corrected chi connectivity index (χ4v) is 2.45. The van der Waals surface area contributed by atoms with E-state index in [4.69, 9.17) is 5.73 Å². The number of nitrogens with two attached hydrogens (primary N) is 1. The number of aryl methyl sites for hydroxylation is 2. The molecule has 0 bridgehead atoms. The van der Waals surface area contributed by atoms with E-state index in [0.717, 1.165) is 16.7 Å². The first-order valence-electron chi connectivity index (χ1n) is 6.65. The molecule has 5 heteroatoms. The van der Waals surface area contributed by atoms with Crippen LogP contribution in [0.15, 0.2) is 47.5 Å². The van der Waals surface area contributed by atoms with Crippen LogP contribution in [0.25, 0.3) is 22.4 Å². The zero-order chi connectivity index (χ0) is 15.0. The molecule has 5 nitrogen and oxygen atoms in total. The van der Waals surface area contributed by atoms with Crippen molar-refractivity contribution in [2.24, 2.45) is 7.05 Å². The molecule has 3 N–H and O–H groups in total. The first-order valence-corrected chi connectivity index (χ1v) is 6.65. The van der Waals surface area contributed by atoms with Gasteiger partial charge in [0.2, 0.25) is 0 Å². The third-order valence-corrected chi connectivity index (χ3v) is 3.59. The molecule has 0 saturated carbocycles. The second-order valence-corrected chi connectivity index (χ2v) is 4.97. The molecule has 3 aromatic rings. The molecule has 2 heterocycles. The van der Waals surface area contributed by atoms with Crippen molar-refractivity contribution >= 4 is 5.82 Å². The van der Waals surface area contributed by atoms with E-state index in [1.165, 1.54) is 6.07 Å². The molecular weight excluding hydrogens is 264 g/mol. The number of hydrogen-bond donors (Lipinski definition) is 2. The molecule has 1 aromatic carbocycles. The summed E-state index contributed by atoms with van der Waals surface area (Å²) in [5, 5.41) is 4.43. The molecule has 0 amide bonds. The predicted molar refractivity (Wildman–Crippen MR) is 83.9 cm³/mol. The Morgan fingerprint density at radius 1 is 1.19 bits per heavy atom. The van der Waals surface area contributed by atoms with Gasteiger partial charge in [0, 0.05) is 25.5 Å². The number of pyridine rings is 1. The van der Waals surface area contributed by atoms with Gasteiger partial charge in [-0.2, -0.15) is 5.10 Å². The van der Waals surface area contributed by atoms with E-state index in [9.17, 15) is 4.79 Å². The molecule has 0 aliphatic heterocycles. The summed E-state index contributed by atoms with van der Waals surface area (Å²) in [4.78, 5) is 15.0. The van der Waals surface area contributed by atoms with Gasteiger partial charge in [0.05, 0.1) is 11.1 Å². The fourth-order valence-electron chi connectivity index (χ4n) is 2.45. The molecule has 0 radical (unpaired) electrons. The topological polar surface area (TPSA) is 76.7 Å². The summed E-state index contributed by atoms with van der Waals surface area (Å²) in [6.07, 6.45) is 3.26. The van der Waals surface area contributed by atoms with Crippen LogP contribution in [-0.2, 0) is 7.05 Å². The zero-order valence-electron chi connectivity index (χ0n) is 11.9. The second-order valence-electron chi connectivity index (χ2n) is 4.97. The molecule has 0 atom stereocenters. The molecule has 21 heavy (non-hydrogen) atoms. The van der Waals surface area contributed by atoms with E-state index < -0.39 is 0 Å². The Morgan fingerprint density at radius 3 is 2.67 bits per heavy atom. The van der Waals surface area contributed by atoms with Crippen molar-refractivity contribution in [2.45, 2.75) is 6.92 Å². The fraction of sp³-hybridized carbons (Fsp3) is 0.125. The molecule has 0 saturated heterocycles. The van der Waals surface area contributed by atoms with Crippen molar-refractivity contribution in [1.82, 2.24) is 14.8 Å². The van der Waals surface area contributed by atoms with Gasteiger partial charge in [0.15, 0.2) is 5.43 Å². The van der Waals surface area contributed by atoms with Crippen molar-refractivity contribution in [1.29, 1.82) is 0 Å². The third kappa shape index (κ3) is 2.12. The normalized spacial score (nSPS) is 10.8. The molecule has 0 aliphatic rings. The summed E-state index contributed by atoms with van der Waals surface area (Å²) in [5.41, 5.74) is 10.1. The molecule has 0 spiro atoms. The Bertz CT molecular complexity index is 861. The van der Waals surface area contributed by atoms with Crippen LogP contribution in [0, 0.1) is 6.92 Å². The Hall–Kier alpha value is -2.82. The van der Waals surface area contributed by atoms with Crippen molar-refractivity contribution < 1.29 is 0 Å². The Balaban J connectivity index is 2.35. The Kier molecular flexibility index (Phi) is 3.10. The highest BCUT2D eigenvalue weighted by Gasteiger charge is 2.20. The minimum atomic E-state index is -0.0818. The highest BCUT2D eigenvalue weighted by atomic mass is 16.1. The average molecular weight is 280 g/mol. The van der Waals surface area contributed by atoms with Crippen molar-refractivity contribution in [2.75, 3.05) is 5.73 Å². The monoisotopic (exact) mass is 280 g/mol. The summed E-state index contributed by atoms with van der Waals surface area (Å²) in [5.74, 6) is 0.544.